The standard InChI is InChI=1S/C14H10N4O2/c19-14(20)11-4-3-9-6-16-8-12(13(9)18-11)17-10-2-1-5-15-7-10/h1-8,17H,(H,19,20). The molecule has 0 aliphatic carbocycles. The maximum atomic E-state index is 11.0. The van der Waals surface area contributed by atoms with Gasteiger partial charge in [-0.2, -0.15) is 0 Å². The van der Waals surface area contributed by atoms with Gasteiger partial charge in [-0.3, -0.25) is 9.97 Å². The molecule has 0 amide bonds. The summed E-state index contributed by atoms with van der Waals surface area (Å²) in [6.45, 7) is 0. The first-order chi connectivity index (χ1) is 9.74. The summed E-state index contributed by atoms with van der Waals surface area (Å²) in [6.07, 6.45) is 6.59. The lowest BCUT2D eigenvalue weighted by atomic mass is 10.2. The zero-order valence-electron chi connectivity index (χ0n) is 10.3. The van der Waals surface area contributed by atoms with Crippen LogP contribution >= 0.6 is 0 Å². The molecule has 0 radical (unpaired) electrons. The van der Waals surface area contributed by atoms with Crippen LogP contribution in [0.15, 0.2) is 49.1 Å². The highest BCUT2D eigenvalue weighted by Gasteiger charge is 2.09. The lowest BCUT2D eigenvalue weighted by Crippen LogP contribution is -2.01. The molecule has 6 nitrogen and oxygen atoms in total. The first-order valence-corrected chi connectivity index (χ1v) is 5.89. The Kier molecular flexibility index (Phi) is 2.96. The Balaban J connectivity index is 2.10. The van der Waals surface area contributed by atoms with Crippen LogP contribution in [0.4, 0.5) is 11.4 Å². The summed E-state index contributed by atoms with van der Waals surface area (Å²) in [4.78, 5) is 23.3. The predicted molar refractivity (Wildman–Crippen MR) is 74.0 cm³/mol. The average Bonchev–Trinajstić information content (AvgIpc) is 2.48. The smallest absolute Gasteiger partial charge is 0.354 e. The van der Waals surface area contributed by atoms with Gasteiger partial charge >= 0.3 is 5.97 Å². The third-order valence-corrected chi connectivity index (χ3v) is 2.76. The maximum Gasteiger partial charge on any atom is 0.354 e. The Morgan fingerprint density at radius 2 is 2.00 bits per heavy atom. The van der Waals surface area contributed by atoms with Crippen molar-refractivity contribution in [1.29, 1.82) is 0 Å². The Morgan fingerprint density at radius 1 is 1.10 bits per heavy atom. The molecule has 3 aromatic heterocycles. The summed E-state index contributed by atoms with van der Waals surface area (Å²) >= 11 is 0. The van der Waals surface area contributed by atoms with Crippen molar-refractivity contribution in [2.75, 3.05) is 5.32 Å². The summed E-state index contributed by atoms with van der Waals surface area (Å²) in [5, 5.41) is 12.9. The Morgan fingerprint density at radius 3 is 2.75 bits per heavy atom. The molecule has 3 rings (SSSR count). The van der Waals surface area contributed by atoms with Gasteiger partial charge in [0.2, 0.25) is 0 Å². The second-order valence-corrected chi connectivity index (χ2v) is 4.13. The fourth-order valence-corrected chi connectivity index (χ4v) is 1.85. The summed E-state index contributed by atoms with van der Waals surface area (Å²) < 4.78 is 0. The molecule has 98 valence electrons. The summed E-state index contributed by atoms with van der Waals surface area (Å²) in [6, 6.07) is 6.80. The number of carboxylic acid groups (broad SMARTS) is 1. The Bertz CT molecular complexity index is 774. The van der Waals surface area contributed by atoms with Gasteiger partial charge in [-0.1, -0.05) is 0 Å². The van der Waals surface area contributed by atoms with Gasteiger partial charge in [0, 0.05) is 17.8 Å². The highest BCUT2D eigenvalue weighted by Crippen LogP contribution is 2.23. The Labute approximate surface area is 114 Å². The number of hydrogen-bond donors (Lipinski definition) is 2. The van der Waals surface area contributed by atoms with Gasteiger partial charge in [0.15, 0.2) is 0 Å². The molecule has 0 aromatic carbocycles. The minimum absolute atomic E-state index is 0.00191. The fraction of sp³-hybridized carbons (Fsp3) is 0. The van der Waals surface area contributed by atoms with Crippen molar-refractivity contribution in [2.24, 2.45) is 0 Å². The van der Waals surface area contributed by atoms with Crippen LogP contribution in [-0.2, 0) is 0 Å². The van der Waals surface area contributed by atoms with Gasteiger partial charge in [-0.05, 0) is 24.3 Å². The number of anilines is 2. The third kappa shape index (κ3) is 2.26. The number of carboxylic acids is 1. The molecule has 0 spiro atoms. The van der Waals surface area contributed by atoms with Crippen molar-refractivity contribution < 1.29 is 9.90 Å². The molecule has 6 heteroatoms. The topological polar surface area (TPSA) is 88.0 Å². The van der Waals surface area contributed by atoms with Crippen molar-refractivity contribution in [1.82, 2.24) is 15.0 Å². The van der Waals surface area contributed by atoms with E-state index in [1.165, 1.54) is 6.07 Å². The molecule has 0 bridgehead atoms. The predicted octanol–water partition coefficient (Wildman–Crippen LogP) is 2.47. The molecule has 0 atom stereocenters. The van der Waals surface area contributed by atoms with Crippen LogP contribution in [-0.4, -0.2) is 26.0 Å². The van der Waals surface area contributed by atoms with Crippen LogP contribution in [0.2, 0.25) is 0 Å². The molecule has 0 aliphatic heterocycles. The van der Waals surface area contributed by atoms with Crippen molar-refractivity contribution in [3.8, 4) is 0 Å². The molecule has 3 aromatic rings. The number of carbonyl (C=O) groups is 1. The molecule has 2 N–H and O–H groups in total. The highest BCUT2D eigenvalue weighted by atomic mass is 16.4. The van der Waals surface area contributed by atoms with E-state index in [4.69, 9.17) is 5.11 Å². The number of nitrogens with one attached hydrogen (secondary N) is 1. The molecule has 0 saturated carbocycles. The van der Waals surface area contributed by atoms with Gasteiger partial charge in [-0.15, -0.1) is 0 Å². The van der Waals surface area contributed by atoms with Crippen molar-refractivity contribution in [3.05, 3.63) is 54.7 Å². The third-order valence-electron chi connectivity index (χ3n) is 2.76. The SMILES string of the molecule is O=C(O)c1ccc2cncc(Nc3cccnc3)c2n1. The highest BCUT2D eigenvalue weighted by molar-refractivity contribution is 5.95. The molecule has 3 heterocycles. The van der Waals surface area contributed by atoms with Crippen molar-refractivity contribution >= 4 is 28.2 Å². The summed E-state index contributed by atoms with van der Waals surface area (Å²) in [5.41, 5.74) is 1.98. The lowest BCUT2D eigenvalue weighted by molar-refractivity contribution is 0.0691. The number of aromatic carboxylic acids is 1. The first-order valence-electron chi connectivity index (χ1n) is 5.89. The van der Waals surface area contributed by atoms with Crippen LogP contribution in [0.25, 0.3) is 10.9 Å². The van der Waals surface area contributed by atoms with Gasteiger partial charge in [-0.25, -0.2) is 9.78 Å². The minimum Gasteiger partial charge on any atom is -0.477 e. The van der Waals surface area contributed by atoms with Crippen molar-refractivity contribution in [2.45, 2.75) is 0 Å². The van der Waals surface area contributed by atoms with Crippen LogP contribution in [0.5, 0.6) is 0 Å². The molecule has 0 unspecified atom stereocenters. The monoisotopic (exact) mass is 266 g/mol. The van der Waals surface area contributed by atoms with Gasteiger partial charge in [0.05, 0.1) is 29.3 Å². The molecular weight excluding hydrogens is 256 g/mol. The van der Waals surface area contributed by atoms with E-state index in [1.807, 2.05) is 6.07 Å². The number of fused-ring (bicyclic) bond motifs is 1. The largest absolute Gasteiger partial charge is 0.477 e. The van der Waals surface area contributed by atoms with Crippen LogP contribution in [0.1, 0.15) is 10.5 Å². The van der Waals surface area contributed by atoms with Crippen LogP contribution < -0.4 is 5.32 Å². The molecule has 0 saturated heterocycles. The lowest BCUT2D eigenvalue weighted by Gasteiger charge is -2.08. The van der Waals surface area contributed by atoms with Gasteiger partial charge in [0.1, 0.15) is 5.69 Å². The molecule has 0 aliphatic rings. The average molecular weight is 266 g/mol. The second kappa shape index (κ2) is 4.93. The van der Waals surface area contributed by atoms with E-state index >= 15 is 0 Å². The van der Waals surface area contributed by atoms with E-state index in [2.05, 4.69) is 20.3 Å². The van der Waals surface area contributed by atoms with Gasteiger partial charge in [0.25, 0.3) is 0 Å². The molecule has 0 fully saturated rings. The van der Waals surface area contributed by atoms with Gasteiger partial charge < -0.3 is 10.4 Å². The second-order valence-electron chi connectivity index (χ2n) is 4.13. The van der Waals surface area contributed by atoms with E-state index in [1.54, 1.807) is 36.9 Å². The number of rotatable bonds is 3. The zero-order valence-corrected chi connectivity index (χ0v) is 10.3. The van der Waals surface area contributed by atoms with Crippen LogP contribution in [0.3, 0.4) is 0 Å². The summed E-state index contributed by atoms with van der Waals surface area (Å²) in [7, 11) is 0. The van der Waals surface area contributed by atoms with Crippen LogP contribution in [0, 0.1) is 0 Å². The number of aromatic nitrogens is 3. The van der Waals surface area contributed by atoms with Crippen molar-refractivity contribution in [3.63, 3.8) is 0 Å². The fourth-order valence-electron chi connectivity index (χ4n) is 1.85. The van der Waals surface area contributed by atoms with E-state index < -0.39 is 5.97 Å². The quantitative estimate of drug-likeness (QED) is 0.757. The Hall–Kier alpha value is -3.02. The van der Waals surface area contributed by atoms with E-state index in [0.717, 1.165) is 11.1 Å². The van der Waals surface area contributed by atoms with E-state index in [0.29, 0.717) is 11.2 Å². The minimum atomic E-state index is -1.06. The van der Waals surface area contributed by atoms with E-state index in [-0.39, 0.29) is 5.69 Å². The zero-order chi connectivity index (χ0) is 13.9. The summed E-state index contributed by atoms with van der Waals surface area (Å²) in [5.74, 6) is -1.06. The number of nitrogens with zero attached hydrogens (tertiary/aromatic N) is 3. The number of pyridine rings is 3. The molecule has 20 heavy (non-hydrogen) atoms. The normalized spacial score (nSPS) is 10.4. The molecular formula is C14H10N4O2. The first kappa shape index (κ1) is 12.0. The maximum absolute atomic E-state index is 11.0. The number of hydrogen-bond acceptors (Lipinski definition) is 5. The van der Waals surface area contributed by atoms with E-state index in [9.17, 15) is 4.79 Å².